The number of carbonyl (C=O) groups excluding carboxylic acids is 2. The van der Waals surface area contributed by atoms with Crippen LogP contribution in [0, 0.1) is 0 Å². The summed E-state index contributed by atoms with van der Waals surface area (Å²) in [4.78, 5) is 24.5. The summed E-state index contributed by atoms with van der Waals surface area (Å²) in [6, 6.07) is 3.68. The monoisotopic (exact) mass is 262 g/mol. The molecule has 2 nitrogen and oxygen atoms in total. The van der Waals surface area contributed by atoms with Crippen molar-refractivity contribution in [1.82, 2.24) is 0 Å². The van der Waals surface area contributed by atoms with Gasteiger partial charge in [0, 0.05) is 37.4 Å². The second-order valence-electron chi connectivity index (χ2n) is 3.11. The van der Waals surface area contributed by atoms with E-state index in [0.717, 1.165) is 6.07 Å². The Bertz CT molecular complexity index is 678. The molecule has 0 aromatic heterocycles. The van der Waals surface area contributed by atoms with Gasteiger partial charge in [-0.3, -0.25) is 9.59 Å². The molecule has 1 saturated carbocycles. The van der Waals surface area contributed by atoms with Crippen LogP contribution < -0.4 is 0 Å². The molecular formula is C12H10Cl2O2. The smallest absolute Gasteiger partial charge is 0.141 e. The highest BCUT2D eigenvalue weighted by Crippen LogP contribution is 2.34. The number of carbonyl (C=O) groups is 2. The van der Waals surface area contributed by atoms with E-state index in [1.54, 1.807) is 0 Å². The summed E-state index contributed by atoms with van der Waals surface area (Å²) in [6.07, 6.45) is -8.44. The molecule has 0 amide bonds. The second-order valence-corrected chi connectivity index (χ2v) is 3.95. The molecule has 16 heavy (non-hydrogen) atoms. The molecule has 4 heteroatoms. The predicted molar refractivity (Wildman–Crippen MR) is 63.1 cm³/mol. The molecule has 2 rings (SSSR count). The average molecular weight is 263 g/mol. The van der Waals surface area contributed by atoms with Crippen LogP contribution in [0.1, 0.15) is 38.8 Å². The molecule has 0 radical (unpaired) electrons. The number of Topliss-reactive ketones (excluding diaryl/α,β-unsaturated/α-hetero) is 2. The minimum absolute atomic E-state index is 0.0668. The van der Waals surface area contributed by atoms with Gasteiger partial charge in [-0.15, -0.1) is 0 Å². The SMILES string of the molecule is [2H]C1C(=O)C([2H])(c2cc(Cl)ccc2Cl)C([2H])([2H])C(=O)C1([2H])[2H]. The summed E-state index contributed by atoms with van der Waals surface area (Å²) < 4.78 is 46.6. The van der Waals surface area contributed by atoms with Crippen molar-refractivity contribution >= 4 is 34.8 Å². The van der Waals surface area contributed by atoms with Gasteiger partial charge in [-0.2, -0.15) is 0 Å². The first-order valence-electron chi connectivity index (χ1n) is 7.43. The zero-order chi connectivity index (χ0) is 17.1. The van der Waals surface area contributed by atoms with Crippen LogP contribution in [-0.4, -0.2) is 11.6 Å². The first-order valence-corrected chi connectivity index (χ1v) is 5.11. The van der Waals surface area contributed by atoms with Crippen LogP contribution in [0.15, 0.2) is 18.2 Å². The predicted octanol–water partition coefficient (Wildman–Crippen LogP) is 3.40. The molecule has 0 N–H and O–H groups in total. The van der Waals surface area contributed by atoms with Gasteiger partial charge in [0.2, 0.25) is 0 Å². The Hall–Kier alpha value is -0.860. The van der Waals surface area contributed by atoms with Crippen LogP contribution in [0.5, 0.6) is 0 Å². The fourth-order valence-electron chi connectivity index (χ4n) is 1.30. The van der Waals surface area contributed by atoms with Crippen LogP contribution in [0.2, 0.25) is 10.0 Å². The zero-order valence-electron chi connectivity index (χ0n) is 13.9. The van der Waals surface area contributed by atoms with Gasteiger partial charge in [0.15, 0.2) is 0 Å². The highest BCUT2D eigenvalue weighted by Gasteiger charge is 2.29. The molecule has 1 aromatic carbocycles. The molecule has 84 valence electrons. The van der Waals surface area contributed by atoms with Crippen LogP contribution in [0.4, 0.5) is 0 Å². The van der Waals surface area contributed by atoms with E-state index in [2.05, 4.69) is 0 Å². The Morgan fingerprint density at radius 3 is 2.88 bits per heavy atom. The van der Waals surface area contributed by atoms with Gasteiger partial charge in [-0.1, -0.05) is 23.2 Å². The highest BCUT2D eigenvalue weighted by molar-refractivity contribution is 6.34. The average Bonchev–Trinajstić information content (AvgIpc) is 2.45. The maximum atomic E-state index is 12.4. The first-order chi connectivity index (χ1) is 9.88. The summed E-state index contributed by atoms with van der Waals surface area (Å²) in [5.41, 5.74) is -0.363. The molecular weight excluding hydrogens is 247 g/mol. The van der Waals surface area contributed by atoms with Gasteiger partial charge in [0.1, 0.15) is 11.6 Å². The lowest BCUT2D eigenvalue weighted by Gasteiger charge is -2.21. The van der Waals surface area contributed by atoms with Gasteiger partial charge < -0.3 is 0 Å². The lowest BCUT2D eigenvalue weighted by molar-refractivity contribution is -0.130. The van der Waals surface area contributed by atoms with Gasteiger partial charge in [0.05, 0.1) is 5.89 Å². The van der Waals surface area contributed by atoms with Crippen molar-refractivity contribution < 1.29 is 17.8 Å². The summed E-state index contributed by atoms with van der Waals surface area (Å²) >= 11 is 11.7. The van der Waals surface area contributed by atoms with E-state index in [0.29, 0.717) is 0 Å². The third kappa shape index (κ3) is 2.28. The zero-order valence-corrected chi connectivity index (χ0v) is 9.39. The maximum absolute atomic E-state index is 12.4. The van der Waals surface area contributed by atoms with E-state index in [-0.39, 0.29) is 15.6 Å². The van der Waals surface area contributed by atoms with Crippen molar-refractivity contribution in [3.05, 3.63) is 33.8 Å². The lowest BCUT2D eigenvalue weighted by Crippen LogP contribution is -2.23. The second kappa shape index (κ2) is 4.56. The summed E-state index contributed by atoms with van der Waals surface area (Å²) in [5, 5.41) is -0.101. The van der Waals surface area contributed by atoms with Crippen LogP contribution in [-0.2, 0) is 9.59 Å². The summed E-state index contributed by atoms with van der Waals surface area (Å²) in [7, 11) is 0. The van der Waals surface area contributed by atoms with Crippen molar-refractivity contribution in [3.63, 3.8) is 0 Å². The Kier molecular flexibility index (Phi) is 1.76. The summed E-state index contributed by atoms with van der Waals surface area (Å²) in [5.74, 6) is -5.86. The molecule has 1 fully saturated rings. The molecule has 0 bridgehead atoms. The topological polar surface area (TPSA) is 34.1 Å². The highest BCUT2D eigenvalue weighted by atomic mass is 35.5. The van der Waals surface area contributed by atoms with Crippen molar-refractivity contribution in [1.29, 1.82) is 0 Å². The molecule has 0 heterocycles. The molecule has 2 unspecified atom stereocenters. The molecule has 0 spiro atoms. The number of ketones is 2. The standard InChI is InChI=1S/C12H10Cl2O2/c13-7-1-3-11(14)9(5-7)10-6-8(15)2-4-12(10)16/h1,3,5,10H,2,4,6H2/i2D2,4D,6D2,10D. The van der Waals surface area contributed by atoms with E-state index in [4.69, 9.17) is 31.4 Å². The van der Waals surface area contributed by atoms with Crippen LogP contribution in [0.25, 0.3) is 0 Å². The van der Waals surface area contributed by atoms with E-state index in [9.17, 15) is 9.59 Å². The van der Waals surface area contributed by atoms with E-state index < -0.39 is 36.6 Å². The number of rotatable bonds is 1. The maximum Gasteiger partial charge on any atom is 0.141 e. The quantitative estimate of drug-likeness (QED) is 0.778. The van der Waals surface area contributed by atoms with Crippen LogP contribution in [0.3, 0.4) is 0 Å². The summed E-state index contributed by atoms with van der Waals surface area (Å²) in [6.45, 7) is 0. The number of hydrogen-bond acceptors (Lipinski definition) is 2. The third-order valence-corrected chi connectivity index (χ3v) is 2.58. The van der Waals surface area contributed by atoms with Gasteiger partial charge >= 0.3 is 0 Å². The third-order valence-electron chi connectivity index (χ3n) is 2.02. The number of hydrogen-bond donors (Lipinski definition) is 0. The fraction of sp³-hybridized carbons (Fsp3) is 0.333. The molecule has 0 saturated heterocycles. The first kappa shape index (κ1) is 6.18. The molecule has 2 atom stereocenters. The van der Waals surface area contributed by atoms with Crippen molar-refractivity contribution in [3.8, 4) is 0 Å². The van der Waals surface area contributed by atoms with Crippen molar-refractivity contribution in [2.75, 3.05) is 0 Å². The van der Waals surface area contributed by atoms with E-state index in [1.807, 2.05) is 0 Å². The fourth-order valence-corrected chi connectivity index (χ4v) is 1.69. The lowest BCUT2D eigenvalue weighted by atomic mass is 9.82. The van der Waals surface area contributed by atoms with Gasteiger partial charge in [-0.25, -0.2) is 0 Å². The molecule has 1 aromatic rings. The molecule has 1 aliphatic rings. The molecule has 0 aliphatic heterocycles. The Labute approximate surface area is 112 Å². The van der Waals surface area contributed by atoms with E-state index >= 15 is 0 Å². The molecule has 1 aliphatic carbocycles. The van der Waals surface area contributed by atoms with Gasteiger partial charge in [0.25, 0.3) is 0 Å². The normalized spacial score (nSPS) is 42.2. The largest absolute Gasteiger partial charge is 0.300 e. The van der Waals surface area contributed by atoms with E-state index in [1.165, 1.54) is 12.1 Å². The minimum Gasteiger partial charge on any atom is -0.300 e. The number of halogens is 2. The Morgan fingerprint density at radius 2 is 2.12 bits per heavy atom. The van der Waals surface area contributed by atoms with Crippen LogP contribution >= 0.6 is 23.2 Å². The van der Waals surface area contributed by atoms with Crippen molar-refractivity contribution in [2.45, 2.75) is 25.0 Å². The number of benzene rings is 1. The Morgan fingerprint density at radius 1 is 1.38 bits per heavy atom. The Balaban J connectivity index is 2.79. The minimum atomic E-state index is -3.19. The van der Waals surface area contributed by atoms with Gasteiger partial charge in [-0.05, 0) is 23.8 Å². The van der Waals surface area contributed by atoms with Crippen molar-refractivity contribution in [2.24, 2.45) is 0 Å².